The van der Waals surface area contributed by atoms with Crippen molar-refractivity contribution in [2.24, 2.45) is 0 Å². The van der Waals surface area contributed by atoms with Crippen LogP contribution in [0.4, 0.5) is 10.5 Å². The van der Waals surface area contributed by atoms with Crippen LogP contribution in [0.5, 0.6) is 0 Å². The molecule has 0 spiro atoms. The van der Waals surface area contributed by atoms with E-state index in [0.29, 0.717) is 24.3 Å². The third kappa shape index (κ3) is 5.55. The summed E-state index contributed by atoms with van der Waals surface area (Å²) in [5, 5.41) is 5.41. The van der Waals surface area contributed by atoms with Gasteiger partial charge in [0.2, 0.25) is 5.91 Å². The van der Waals surface area contributed by atoms with Gasteiger partial charge in [-0.2, -0.15) is 0 Å². The number of rotatable bonds is 6. The smallest absolute Gasteiger partial charge is 0.315 e. The molecule has 0 aliphatic heterocycles. The quantitative estimate of drug-likeness (QED) is 0.788. The topological polar surface area (TPSA) is 78.5 Å². The van der Waals surface area contributed by atoms with Crippen LogP contribution in [0.2, 0.25) is 0 Å². The minimum absolute atomic E-state index is 0.0520. The molecule has 2 N–H and O–H groups in total. The minimum atomic E-state index is -0.268. The second-order valence-corrected chi connectivity index (χ2v) is 5.33. The van der Waals surface area contributed by atoms with Gasteiger partial charge in [-0.05, 0) is 32.9 Å². The van der Waals surface area contributed by atoms with E-state index in [1.54, 1.807) is 24.3 Å². The van der Waals surface area contributed by atoms with Crippen molar-refractivity contribution in [2.45, 2.75) is 33.7 Å². The Morgan fingerprint density at radius 1 is 1.18 bits per heavy atom. The van der Waals surface area contributed by atoms with Gasteiger partial charge in [0.05, 0.1) is 0 Å². The molecule has 0 saturated carbocycles. The van der Waals surface area contributed by atoms with Gasteiger partial charge in [-0.3, -0.25) is 9.59 Å². The number of ketones is 1. The predicted molar refractivity (Wildman–Crippen MR) is 86.1 cm³/mol. The summed E-state index contributed by atoms with van der Waals surface area (Å²) in [5.74, 6) is -0.202. The highest BCUT2D eigenvalue weighted by Crippen LogP contribution is 2.16. The maximum atomic E-state index is 11.8. The van der Waals surface area contributed by atoms with Crippen LogP contribution in [-0.4, -0.2) is 36.9 Å². The van der Waals surface area contributed by atoms with Gasteiger partial charge < -0.3 is 15.5 Å². The van der Waals surface area contributed by atoms with Crippen molar-refractivity contribution in [1.82, 2.24) is 10.6 Å². The number of nitrogens with one attached hydrogen (secondary N) is 2. The van der Waals surface area contributed by atoms with Gasteiger partial charge >= 0.3 is 6.03 Å². The number of nitrogens with zero attached hydrogens (tertiary/aromatic N) is 1. The number of urea groups is 1. The summed E-state index contributed by atoms with van der Waals surface area (Å²) in [4.78, 5) is 36.3. The zero-order valence-electron chi connectivity index (χ0n) is 13.5. The third-order valence-electron chi connectivity index (χ3n) is 2.99. The molecule has 0 radical (unpaired) electrons. The van der Waals surface area contributed by atoms with Crippen LogP contribution >= 0.6 is 0 Å². The first-order chi connectivity index (χ1) is 10.3. The van der Waals surface area contributed by atoms with Gasteiger partial charge in [-0.25, -0.2) is 4.79 Å². The van der Waals surface area contributed by atoms with Crippen molar-refractivity contribution >= 4 is 23.4 Å². The lowest BCUT2D eigenvalue weighted by molar-refractivity contribution is -0.116. The molecule has 0 fully saturated rings. The van der Waals surface area contributed by atoms with Crippen molar-refractivity contribution in [3.8, 4) is 0 Å². The molecule has 0 aliphatic carbocycles. The SMILES string of the molecule is CC(=O)c1cccc(N(CCNC(=O)NC(C)C)C(C)=O)c1. The van der Waals surface area contributed by atoms with Gasteiger partial charge in [0.25, 0.3) is 0 Å². The number of hydrogen-bond donors (Lipinski definition) is 2. The molecule has 22 heavy (non-hydrogen) atoms. The summed E-state index contributed by atoms with van der Waals surface area (Å²) in [7, 11) is 0. The van der Waals surface area contributed by atoms with Crippen LogP contribution in [0.15, 0.2) is 24.3 Å². The normalized spacial score (nSPS) is 10.2. The van der Waals surface area contributed by atoms with Crippen LogP contribution in [-0.2, 0) is 4.79 Å². The molecule has 0 heterocycles. The van der Waals surface area contributed by atoms with Crippen molar-refractivity contribution < 1.29 is 14.4 Å². The van der Waals surface area contributed by atoms with E-state index in [1.165, 1.54) is 18.7 Å². The highest BCUT2D eigenvalue weighted by atomic mass is 16.2. The van der Waals surface area contributed by atoms with E-state index in [9.17, 15) is 14.4 Å². The average Bonchev–Trinajstić information content (AvgIpc) is 2.42. The summed E-state index contributed by atoms with van der Waals surface area (Å²) in [5.41, 5.74) is 1.19. The lowest BCUT2D eigenvalue weighted by atomic mass is 10.1. The van der Waals surface area contributed by atoms with Crippen molar-refractivity contribution in [2.75, 3.05) is 18.0 Å². The summed E-state index contributed by atoms with van der Waals surface area (Å²) in [6, 6.07) is 6.67. The predicted octanol–water partition coefficient (Wildman–Crippen LogP) is 1.95. The standard InChI is InChI=1S/C16H23N3O3/c1-11(2)18-16(22)17-8-9-19(13(4)21)15-7-5-6-14(10-15)12(3)20/h5-7,10-11H,8-9H2,1-4H3,(H2,17,18,22). The second kappa shape index (κ2) is 8.17. The fourth-order valence-electron chi connectivity index (χ4n) is 1.96. The van der Waals surface area contributed by atoms with Gasteiger partial charge in [-0.15, -0.1) is 0 Å². The first-order valence-corrected chi connectivity index (χ1v) is 7.24. The Kier molecular flexibility index (Phi) is 6.56. The molecule has 1 rings (SSSR count). The van der Waals surface area contributed by atoms with E-state index in [2.05, 4.69) is 10.6 Å². The Bertz CT molecular complexity index is 555. The van der Waals surface area contributed by atoms with Crippen LogP contribution in [0.3, 0.4) is 0 Å². The Hall–Kier alpha value is -2.37. The number of amides is 3. The molecule has 0 aliphatic rings. The number of Topliss-reactive ketones (excluding diaryl/α,β-unsaturated/α-hetero) is 1. The first-order valence-electron chi connectivity index (χ1n) is 7.24. The lowest BCUT2D eigenvalue weighted by Crippen LogP contribution is -2.43. The monoisotopic (exact) mass is 305 g/mol. The second-order valence-electron chi connectivity index (χ2n) is 5.33. The molecule has 0 atom stereocenters. The zero-order chi connectivity index (χ0) is 16.7. The maximum Gasteiger partial charge on any atom is 0.315 e. The van der Waals surface area contributed by atoms with Gasteiger partial charge in [0.1, 0.15) is 0 Å². The van der Waals surface area contributed by atoms with Crippen LogP contribution < -0.4 is 15.5 Å². The number of anilines is 1. The molecular weight excluding hydrogens is 282 g/mol. The summed E-state index contributed by atoms with van der Waals surface area (Å²) in [6.07, 6.45) is 0. The Balaban J connectivity index is 2.70. The van der Waals surface area contributed by atoms with Crippen molar-refractivity contribution in [3.63, 3.8) is 0 Å². The lowest BCUT2D eigenvalue weighted by Gasteiger charge is -2.22. The van der Waals surface area contributed by atoms with Crippen molar-refractivity contribution in [1.29, 1.82) is 0 Å². The number of carbonyl (C=O) groups is 3. The summed E-state index contributed by atoms with van der Waals surface area (Å²) < 4.78 is 0. The molecule has 0 unspecified atom stereocenters. The van der Waals surface area contributed by atoms with E-state index in [0.717, 1.165) is 0 Å². The molecule has 3 amide bonds. The van der Waals surface area contributed by atoms with Crippen LogP contribution in [0.1, 0.15) is 38.1 Å². The molecule has 1 aromatic rings. The fourth-order valence-corrected chi connectivity index (χ4v) is 1.96. The zero-order valence-corrected chi connectivity index (χ0v) is 13.5. The third-order valence-corrected chi connectivity index (χ3v) is 2.99. The van der Waals surface area contributed by atoms with E-state index in [1.807, 2.05) is 13.8 Å². The van der Waals surface area contributed by atoms with E-state index < -0.39 is 0 Å². The van der Waals surface area contributed by atoms with Gasteiger partial charge in [0, 0.05) is 37.3 Å². The van der Waals surface area contributed by atoms with Crippen molar-refractivity contribution in [3.05, 3.63) is 29.8 Å². The Morgan fingerprint density at radius 3 is 2.41 bits per heavy atom. The number of benzene rings is 1. The number of carbonyl (C=O) groups excluding carboxylic acids is 3. The highest BCUT2D eigenvalue weighted by molar-refractivity contribution is 5.97. The molecule has 6 nitrogen and oxygen atoms in total. The molecule has 1 aromatic carbocycles. The van der Waals surface area contributed by atoms with E-state index in [4.69, 9.17) is 0 Å². The Morgan fingerprint density at radius 2 is 1.86 bits per heavy atom. The fraction of sp³-hybridized carbons (Fsp3) is 0.438. The summed E-state index contributed by atoms with van der Waals surface area (Å²) >= 11 is 0. The van der Waals surface area contributed by atoms with Crippen LogP contribution in [0, 0.1) is 0 Å². The average molecular weight is 305 g/mol. The van der Waals surface area contributed by atoms with Crippen LogP contribution in [0.25, 0.3) is 0 Å². The number of hydrogen-bond acceptors (Lipinski definition) is 3. The van der Waals surface area contributed by atoms with Gasteiger partial charge in [-0.1, -0.05) is 12.1 Å². The molecule has 0 saturated heterocycles. The molecule has 6 heteroatoms. The molecular formula is C16H23N3O3. The molecule has 0 aromatic heterocycles. The molecule has 120 valence electrons. The molecule has 0 bridgehead atoms. The largest absolute Gasteiger partial charge is 0.336 e. The summed E-state index contributed by atoms with van der Waals surface area (Å²) in [6.45, 7) is 7.33. The minimum Gasteiger partial charge on any atom is -0.336 e. The Labute approximate surface area is 130 Å². The first kappa shape index (κ1) is 17.7. The van der Waals surface area contributed by atoms with E-state index >= 15 is 0 Å². The maximum absolute atomic E-state index is 11.8. The van der Waals surface area contributed by atoms with Gasteiger partial charge in [0.15, 0.2) is 5.78 Å². The van der Waals surface area contributed by atoms with E-state index in [-0.39, 0.29) is 23.8 Å². The highest BCUT2D eigenvalue weighted by Gasteiger charge is 2.13.